The Balaban J connectivity index is 1.89. The van der Waals surface area contributed by atoms with E-state index in [1.165, 1.54) is 0 Å². The second kappa shape index (κ2) is 9.82. The van der Waals surface area contributed by atoms with Crippen molar-refractivity contribution in [2.45, 2.75) is 33.7 Å². The van der Waals surface area contributed by atoms with E-state index >= 15 is 0 Å². The number of ether oxygens (including phenoxy) is 1. The zero-order valence-corrected chi connectivity index (χ0v) is 20.6. The summed E-state index contributed by atoms with van der Waals surface area (Å²) in [4.78, 5) is 22.8. The maximum absolute atomic E-state index is 12.2. The van der Waals surface area contributed by atoms with Crippen LogP contribution in [0, 0.1) is 5.92 Å². The van der Waals surface area contributed by atoms with Crippen molar-refractivity contribution in [3.05, 3.63) is 50.5 Å². The van der Waals surface area contributed by atoms with Gasteiger partial charge in [0.1, 0.15) is 12.3 Å². The van der Waals surface area contributed by atoms with Gasteiger partial charge in [-0.1, -0.05) is 20.8 Å². The number of nitrogens with one attached hydrogen (secondary N) is 1. The monoisotopic (exact) mass is 551 g/mol. The number of carboxylic acid groups (broad SMARTS) is 1. The zero-order chi connectivity index (χ0) is 22.7. The van der Waals surface area contributed by atoms with E-state index in [2.05, 4.69) is 62.6 Å². The Morgan fingerprint density at radius 3 is 2.45 bits per heavy atom. The highest BCUT2D eigenvalue weighted by Crippen LogP contribution is 2.38. The number of nitrogens with zero attached hydrogens (tertiary/aromatic N) is 2. The second-order valence-corrected chi connectivity index (χ2v) is 9.21. The Kier molecular flexibility index (Phi) is 7.38. The molecule has 164 valence electrons. The quantitative estimate of drug-likeness (QED) is 0.391. The number of fused-ring (bicyclic) bond motifs is 1. The lowest BCUT2D eigenvalue weighted by atomic mass is 10.1. The van der Waals surface area contributed by atoms with Crippen molar-refractivity contribution in [2.75, 3.05) is 6.54 Å². The summed E-state index contributed by atoms with van der Waals surface area (Å²) in [5, 5.41) is 16.8. The predicted octanol–water partition coefficient (Wildman–Crippen LogP) is 5.39. The van der Waals surface area contributed by atoms with Gasteiger partial charge < -0.3 is 15.2 Å². The van der Waals surface area contributed by atoms with Crippen LogP contribution < -0.4 is 10.1 Å². The van der Waals surface area contributed by atoms with Gasteiger partial charge in [-0.25, -0.2) is 0 Å². The molecule has 0 fully saturated rings. The molecule has 0 bridgehead atoms. The van der Waals surface area contributed by atoms with Crippen LogP contribution in [0.1, 0.15) is 36.8 Å². The molecule has 2 N–H and O–H groups in total. The molecule has 3 rings (SSSR count). The number of aromatic nitrogens is 2. The lowest BCUT2D eigenvalue weighted by Crippen LogP contribution is -2.29. The minimum atomic E-state index is -1.11. The Morgan fingerprint density at radius 2 is 1.87 bits per heavy atom. The third kappa shape index (κ3) is 5.46. The Labute approximate surface area is 197 Å². The smallest absolute Gasteiger partial charge is 0.322 e. The van der Waals surface area contributed by atoms with Crippen LogP contribution in [0.2, 0.25) is 0 Å². The first-order chi connectivity index (χ1) is 14.7. The van der Waals surface area contributed by atoms with Gasteiger partial charge in [-0.3, -0.25) is 14.3 Å². The first-order valence-corrected chi connectivity index (χ1v) is 11.4. The van der Waals surface area contributed by atoms with Gasteiger partial charge in [0.25, 0.3) is 5.91 Å². The van der Waals surface area contributed by atoms with Crippen LogP contribution in [0.3, 0.4) is 0 Å². The molecule has 1 aromatic heterocycles. The molecule has 7 nitrogen and oxygen atoms in total. The number of hydrogen-bond acceptors (Lipinski definition) is 4. The SMILES string of the molecule is CCc1c2cc(Oc3c(Br)cc(C(=O)NCC(=O)O)cc3Br)ccc2nn1CC(C)C. The number of rotatable bonds is 8. The molecule has 31 heavy (non-hydrogen) atoms. The van der Waals surface area contributed by atoms with Gasteiger partial charge in [0, 0.05) is 23.2 Å². The lowest BCUT2D eigenvalue weighted by molar-refractivity contribution is -0.135. The van der Waals surface area contributed by atoms with E-state index in [1.807, 2.05) is 18.2 Å². The highest BCUT2D eigenvalue weighted by atomic mass is 79.9. The van der Waals surface area contributed by atoms with Gasteiger partial charge >= 0.3 is 5.97 Å². The van der Waals surface area contributed by atoms with Crippen molar-refractivity contribution in [1.82, 2.24) is 15.1 Å². The van der Waals surface area contributed by atoms with E-state index in [1.54, 1.807) is 12.1 Å². The van der Waals surface area contributed by atoms with E-state index in [4.69, 9.17) is 14.9 Å². The van der Waals surface area contributed by atoms with Crippen molar-refractivity contribution in [1.29, 1.82) is 0 Å². The van der Waals surface area contributed by atoms with Gasteiger partial charge in [0.15, 0.2) is 5.75 Å². The van der Waals surface area contributed by atoms with Crippen LogP contribution in [-0.2, 0) is 17.8 Å². The van der Waals surface area contributed by atoms with Crippen LogP contribution in [0.25, 0.3) is 10.9 Å². The number of aryl methyl sites for hydroxylation is 1. The number of carbonyl (C=O) groups is 2. The standard InChI is InChI=1S/C22H23Br2N3O4/c1-4-19-15-9-14(5-6-18(15)26-27(19)11-12(2)3)31-21-16(23)7-13(8-17(21)24)22(30)25-10-20(28)29/h5-9,12H,4,10-11H2,1-3H3,(H,25,30)(H,28,29). The van der Waals surface area contributed by atoms with Gasteiger partial charge in [-0.15, -0.1) is 0 Å². The van der Waals surface area contributed by atoms with E-state index in [9.17, 15) is 9.59 Å². The topological polar surface area (TPSA) is 93.4 Å². The molecular formula is C22H23Br2N3O4. The summed E-state index contributed by atoms with van der Waals surface area (Å²) in [7, 11) is 0. The molecule has 0 atom stereocenters. The Bertz CT molecular complexity index is 1120. The summed E-state index contributed by atoms with van der Waals surface area (Å²) in [5.74, 6) is 0.0675. The minimum absolute atomic E-state index is 0.311. The van der Waals surface area contributed by atoms with Crippen molar-refractivity contribution >= 4 is 54.6 Å². The van der Waals surface area contributed by atoms with Crippen molar-refractivity contribution in [3.8, 4) is 11.5 Å². The largest absolute Gasteiger partial charge is 0.480 e. The molecule has 0 saturated heterocycles. The number of carbonyl (C=O) groups excluding carboxylic acids is 1. The molecule has 9 heteroatoms. The zero-order valence-electron chi connectivity index (χ0n) is 17.4. The number of halogens is 2. The van der Waals surface area contributed by atoms with Crippen LogP contribution in [0.15, 0.2) is 39.3 Å². The van der Waals surface area contributed by atoms with E-state index < -0.39 is 18.4 Å². The van der Waals surface area contributed by atoms with Crippen LogP contribution in [0.5, 0.6) is 11.5 Å². The molecule has 3 aromatic rings. The van der Waals surface area contributed by atoms with E-state index in [0.29, 0.717) is 31.9 Å². The molecule has 0 saturated carbocycles. The average Bonchev–Trinajstić information content (AvgIpc) is 3.04. The van der Waals surface area contributed by atoms with Gasteiger partial charge in [0.2, 0.25) is 0 Å². The minimum Gasteiger partial charge on any atom is -0.480 e. The highest BCUT2D eigenvalue weighted by molar-refractivity contribution is 9.11. The number of carboxylic acids is 1. The summed E-state index contributed by atoms with van der Waals surface area (Å²) < 4.78 is 9.31. The molecule has 0 aliphatic heterocycles. The average molecular weight is 553 g/mol. The second-order valence-electron chi connectivity index (χ2n) is 7.50. The van der Waals surface area contributed by atoms with E-state index in [-0.39, 0.29) is 0 Å². The molecule has 0 spiro atoms. The number of benzene rings is 2. The molecule has 0 aliphatic carbocycles. The molecule has 2 aromatic carbocycles. The predicted molar refractivity (Wildman–Crippen MR) is 126 cm³/mol. The third-order valence-corrected chi connectivity index (χ3v) is 5.75. The lowest BCUT2D eigenvalue weighted by Gasteiger charge is -2.12. The third-order valence-electron chi connectivity index (χ3n) is 4.57. The van der Waals surface area contributed by atoms with E-state index in [0.717, 1.165) is 29.6 Å². The Hall–Kier alpha value is -2.39. The van der Waals surface area contributed by atoms with Gasteiger partial charge in [-0.2, -0.15) is 5.10 Å². The maximum Gasteiger partial charge on any atom is 0.322 e. The van der Waals surface area contributed by atoms with Gasteiger partial charge in [0.05, 0.1) is 14.5 Å². The molecule has 1 amide bonds. The number of aliphatic carboxylic acids is 1. The fourth-order valence-electron chi connectivity index (χ4n) is 3.26. The molecule has 0 unspecified atom stereocenters. The Morgan fingerprint density at radius 1 is 1.19 bits per heavy atom. The number of hydrogen-bond donors (Lipinski definition) is 2. The van der Waals surface area contributed by atoms with Crippen molar-refractivity contribution in [2.24, 2.45) is 5.92 Å². The summed E-state index contributed by atoms with van der Waals surface area (Å²) >= 11 is 6.89. The summed E-state index contributed by atoms with van der Waals surface area (Å²) in [5.41, 5.74) is 2.40. The summed E-state index contributed by atoms with van der Waals surface area (Å²) in [6, 6.07) is 8.96. The van der Waals surface area contributed by atoms with Crippen LogP contribution >= 0.6 is 31.9 Å². The van der Waals surface area contributed by atoms with Crippen molar-refractivity contribution < 1.29 is 19.4 Å². The highest BCUT2D eigenvalue weighted by Gasteiger charge is 2.17. The first kappa shape index (κ1) is 23.3. The summed E-state index contributed by atoms with van der Waals surface area (Å²) in [6.45, 7) is 6.86. The van der Waals surface area contributed by atoms with Crippen LogP contribution in [-0.4, -0.2) is 33.3 Å². The normalized spacial score (nSPS) is 11.2. The molecular weight excluding hydrogens is 530 g/mol. The van der Waals surface area contributed by atoms with Crippen LogP contribution in [0.4, 0.5) is 0 Å². The fraction of sp³-hybridized carbons (Fsp3) is 0.318. The number of amides is 1. The first-order valence-electron chi connectivity index (χ1n) is 9.85. The van der Waals surface area contributed by atoms with Gasteiger partial charge in [-0.05, 0) is 74.5 Å². The molecule has 1 heterocycles. The maximum atomic E-state index is 12.2. The summed E-state index contributed by atoms with van der Waals surface area (Å²) in [6.07, 6.45) is 0.861. The molecule has 0 radical (unpaired) electrons. The van der Waals surface area contributed by atoms with Crippen molar-refractivity contribution in [3.63, 3.8) is 0 Å². The fourth-order valence-corrected chi connectivity index (χ4v) is 4.61. The molecule has 0 aliphatic rings.